The quantitative estimate of drug-likeness (QED) is 0.908. The molecule has 4 heteroatoms. The Morgan fingerprint density at radius 1 is 1.48 bits per heavy atom. The van der Waals surface area contributed by atoms with Crippen molar-refractivity contribution < 1.29 is 4.79 Å². The largest absolute Gasteiger partial charge is 0.321 e. The third-order valence-corrected chi connectivity index (χ3v) is 5.36. The average Bonchev–Trinajstić information content (AvgIpc) is 3.18. The zero-order chi connectivity index (χ0) is 15.0. The molecule has 2 atom stereocenters. The average molecular weight is 304 g/mol. The van der Waals surface area contributed by atoms with Gasteiger partial charge in [0.25, 0.3) is 0 Å². The SMILES string of the molecule is CSCC(C)CN1C(=O)C2(CC2)NC1c1cccc(C)c1. The van der Waals surface area contributed by atoms with Crippen molar-refractivity contribution in [3.8, 4) is 0 Å². The summed E-state index contributed by atoms with van der Waals surface area (Å²) in [6.45, 7) is 5.18. The van der Waals surface area contributed by atoms with E-state index < -0.39 is 0 Å². The minimum atomic E-state index is -0.243. The summed E-state index contributed by atoms with van der Waals surface area (Å²) in [6, 6.07) is 8.51. The number of aryl methyl sites for hydroxylation is 1. The van der Waals surface area contributed by atoms with E-state index in [2.05, 4.69) is 54.6 Å². The summed E-state index contributed by atoms with van der Waals surface area (Å²) in [6.07, 6.45) is 4.15. The van der Waals surface area contributed by atoms with Crippen LogP contribution in [-0.4, -0.2) is 34.9 Å². The zero-order valence-electron chi connectivity index (χ0n) is 13.1. The fraction of sp³-hybridized carbons (Fsp3) is 0.588. The molecule has 21 heavy (non-hydrogen) atoms. The first-order chi connectivity index (χ1) is 10.1. The maximum atomic E-state index is 12.8. The van der Waals surface area contributed by atoms with E-state index >= 15 is 0 Å². The van der Waals surface area contributed by atoms with Crippen LogP contribution in [0.3, 0.4) is 0 Å². The van der Waals surface area contributed by atoms with Crippen LogP contribution in [0.4, 0.5) is 0 Å². The Morgan fingerprint density at radius 3 is 2.86 bits per heavy atom. The molecule has 1 aromatic carbocycles. The molecule has 3 nitrogen and oxygen atoms in total. The summed E-state index contributed by atoms with van der Waals surface area (Å²) in [5.74, 6) is 1.92. The first kappa shape index (κ1) is 14.9. The number of thioether (sulfide) groups is 1. The molecule has 1 saturated heterocycles. The zero-order valence-corrected chi connectivity index (χ0v) is 13.9. The van der Waals surface area contributed by atoms with Gasteiger partial charge in [-0.25, -0.2) is 0 Å². The lowest BCUT2D eigenvalue weighted by Crippen LogP contribution is -2.35. The Morgan fingerprint density at radius 2 is 2.24 bits per heavy atom. The molecular weight excluding hydrogens is 280 g/mol. The molecule has 1 spiro atoms. The number of carbonyl (C=O) groups excluding carboxylic acids is 1. The summed E-state index contributed by atoms with van der Waals surface area (Å²) in [5.41, 5.74) is 2.21. The summed E-state index contributed by atoms with van der Waals surface area (Å²) in [4.78, 5) is 14.8. The van der Waals surface area contributed by atoms with Gasteiger partial charge in [0, 0.05) is 6.54 Å². The predicted molar refractivity (Wildman–Crippen MR) is 88.3 cm³/mol. The Bertz CT molecular complexity index is 541. The van der Waals surface area contributed by atoms with Gasteiger partial charge >= 0.3 is 0 Å². The molecule has 0 radical (unpaired) electrons. The van der Waals surface area contributed by atoms with Crippen molar-refractivity contribution in [1.29, 1.82) is 0 Å². The highest BCUT2D eigenvalue weighted by atomic mass is 32.2. The van der Waals surface area contributed by atoms with Crippen molar-refractivity contribution in [3.63, 3.8) is 0 Å². The molecule has 3 rings (SSSR count). The predicted octanol–water partition coefficient (Wildman–Crippen LogP) is 2.96. The molecule has 0 bridgehead atoms. The summed E-state index contributed by atoms with van der Waals surface area (Å²) in [5, 5.41) is 3.60. The van der Waals surface area contributed by atoms with E-state index in [1.807, 2.05) is 11.8 Å². The lowest BCUT2D eigenvalue weighted by molar-refractivity contribution is -0.131. The highest BCUT2D eigenvalue weighted by Gasteiger charge is 2.59. The molecule has 1 amide bonds. The summed E-state index contributed by atoms with van der Waals surface area (Å²) in [7, 11) is 0. The second kappa shape index (κ2) is 5.65. The van der Waals surface area contributed by atoms with Crippen LogP contribution in [0.15, 0.2) is 24.3 Å². The molecule has 114 valence electrons. The molecule has 1 N–H and O–H groups in total. The molecule has 2 unspecified atom stereocenters. The van der Waals surface area contributed by atoms with E-state index in [1.54, 1.807) is 0 Å². The second-order valence-electron chi connectivity index (χ2n) is 6.56. The molecule has 2 fully saturated rings. The van der Waals surface area contributed by atoms with Gasteiger partial charge < -0.3 is 4.90 Å². The first-order valence-corrected chi connectivity index (χ1v) is 9.09. The molecule has 1 aliphatic carbocycles. The first-order valence-electron chi connectivity index (χ1n) is 7.70. The van der Waals surface area contributed by atoms with Crippen LogP contribution in [0.2, 0.25) is 0 Å². The van der Waals surface area contributed by atoms with E-state index in [1.165, 1.54) is 11.1 Å². The lowest BCUT2D eigenvalue weighted by atomic mass is 10.1. The van der Waals surface area contributed by atoms with Crippen LogP contribution in [0.25, 0.3) is 0 Å². The number of hydrogen-bond donors (Lipinski definition) is 1. The topological polar surface area (TPSA) is 32.3 Å². The minimum absolute atomic E-state index is 0.0456. The maximum Gasteiger partial charge on any atom is 0.244 e. The van der Waals surface area contributed by atoms with Gasteiger partial charge in [-0.3, -0.25) is 10.1 Å². The van der Waals surface area contributed by atoms with E-state index in [0.29, 0.717) is 11.8 Å². The van der Waals surface area contributed by atoms with Crippen LogP contribution in [0, 0.1) is 12.8 Å². The highest BCUT2D eigenvalue weighted by molar-refractivity contribution is 7.98. The van der Waals surface area contributed by atoms with Gasteiger partial charge in [-0.15, -0.1) is 0 Å². The maximum absolute atomic E-state index is 12.8. The number of amides is 1. The molecule has 0 aromatic heterocycles. The van der Waals surface area contributed by atoms with Gasteiger partial charge in [-0.1, -0.05) is 36.8 Å². The van der Waals surface area contributed by atoms with E-state index in [-0.39, 0.29) is 11.7 Å². The Kier molecular flexibility index (Phi) is 4.02. The van der Waals surface area contributed by atoms with Gasteiger partial charge in [-0.05, 0) is 43.3 Å². The summed E-state index contributed by atoms with van der Waals surface area (Å²) >= 11 is 1.85. The van der Waals surface area contributed by atoms with Crippen molar-refractivity contribution in [2.24, 2.45) is 5.92 Å². The molecule has 1 heterocycles. The number of rotatable bonds is 5. The molecule has 2 aliphatic rings. The van der Waals surface area contributed by atoms with Gasteiger partial charge in [-0.2, -0.15) is 11.8 Å². The van der Waals surface area contributed by atoms with Crippen LogP contribution in [-0.2, 0) is 4.79 Å². The molecular formula is C17H24N2OS. The van der Waals surface area contributed by atoms with E-state index in [0.717, 1.165) is 25.1 Å². The fourth-order valence-corrected chi connectivity index (χ4v) is 3.92. The monoisotopic (exact) mass is 304 g/mol. The highest BCUT2D eigenvalue weighted by Crippen LogP contribution is 2.46. The van der Waals surface area contributed by atoms with Gasteiger partial charge in [0.1, 0.15) is 11.7 Å². The van der Waals surface area contributed by atoms with Crippen molar-refractivity contribution in [2.75, 3.05) is 18.6 Å². The van der Waals surface area contributed by atoms with Crippen LogP contribution < -0.4 is 5.32 Å². The van der Waals surface area contributed by atoms with E-state index in [4.69, 9.17) is 0 Å². The molecule has 1 aliphatic heterocycles. The van der Waals surface area contributed by atoms with Gasteiger partial charge in [0.2, 0.25) is 5.91 Å². The number of nitrogens with one attached hydrogen (secondary N) is 1. The smallest absolute Gasteiger partial charge is 0.244 e. The third-order valence-electron chi connectivity index (χ3n) is 4.46. The molecule has 1 aromatic rings. The fourth-order valence-electron chi connectivity index (χ4n) is 3.24. The van der Waals surface area contributed by atoms with Crippen LogP contribution >= 0.6 is 11.8 Å². The Balaban J connectivity index is 1.84. The van der Waals surface area contributed by atoms with Crippen molar-refractivity contribution in [3.05, 3.63) is 35.4 Å². The van der Waals surface area contributed by atoms with Crippen molar-refractivity contribution in [1.82, 2.24) is 10.2 Å². The lowest BCUT2D eigenvalue weighted by Gasteiger charge is -2.27. The van der Waals surface area contributed by atoms with E-state index in [9.17, 15) is 4.79 Å². The minimum Gasteiger partial charge on any atom is -0.321 e. The molecule has 1 saturated carbocycles. The van der Waals surface area contributed by atoms with Gasteiger partial charge in [0.05, 0.1) is 0 Å². The van der Waals surface area contributed by atoms with Crippen LogP contribution in [0.5, 0.6) is 0 Å². The normalized spacial score (nSPS) is 24.6. The number of benzene rings is 1. The van der Waals surface area contributed by atoms with Gasteiger partial charge in [0.15, 0.2) is 0 Å². The number of hydrogen-bond acceptors (Lipinski definition) is 3. The van der Waals surface area contributed by atoms with Crippen LogP contribution in [0.1, 0.15) is 37.1 Å². The van der Waals surface area contributed by atoms with Crippen molar-refractivity contribution in [2.45, 2.75) is 38.4 Å². The van der Waals surface area contributed by atoms with Crippen molar-refractivity contribution >= 4 is 17.7 Å². The second-order valence-corrected chi connectivity index (χ2v) is 7.47. The third kappa shape index (κ3) is 2.84. The standard InChI is InChI=1S/C17H24N2OS/c1-12-5-4-6-14(9-12)15-18-17(7-8-17)16(20)19(15)10-13(2)11-21-3/h4-6,9,13,15,18H,7-8,10-11H2,1-3H3. The Labute approximate surface area is 131 Å². The number of carbonyl (C=O) groups is 1. The number of nitrogens with zero attached hydrogens (tertiary/aromatic N) is 1. The Hall–Kier alpha value is -1.00. The summed E-state index contributed by atoms with van der Waals surface area (Å²) < 4.78 is 0.